The number of imide groups is 1. The second kappa shape index (κ2) is 10.2. The molecule has 1 heterocycles. The number of hydrogen-bond acceptors (Lipinski definition) is 5. The van der Waals surface area contributed by atoms with Crippen molar-refractivity contribution in [3.8, 4) is 0 Å². The molecule has 1 saturated heterocycles. The number of nitrogens with zero attached hydrogens (tertiary/aromatic N) is 2. The zero-order valence-corrected chi connectivity index (χ0v) is 20.3. The van der Waals surface area contributed by atoms with E-state index in [9.17, 15) is 27.2 Å². The average molecular weight is 502 g/mol. The quantitative estimate of drug-likeness (QED) is 0.479. The third-order valence-corrected chi connectivity index (χ3v) is 8.43. The lowest BCUT2D eigenvalue weighted by molar-refractivity contribution is -0.122. The molecule has 0 radical (unpaired) electrons. The number of nitrogens with one attached hydrogen (secondary N) is 1. The van der Waals surface area contributed by atoms with Crippen LogP contribution in [-0.4, -0.2) is 42.5 Å². The van der Waals surface area contributed by atoms with Crippen LogP contribution in [0, 0.1) is 5.82 Å². The van der Waals surface area contributed by atoms with Crippen LogP contribution < -0.4 is 10.2 Å². The molecule has 0 spiro atoms. The molecule has 0 bridgehead atoms. The van der Waals surface area contributed by atoms with Gasteiger partial charge in [-0.2, -0.15) is 4.31 Å². The third kappa shape index (κ3) is 5.28. The van der Waals surface area contributed by atoms with Gasteiger partial charge in [-0.3, -0.25) is 14.4 Å². The fraction of sp³-hybridized carbons (Fsp3) is 0.400. The van der Waals surface area contributed by atoms with Gasteiger partial charge in [0.25, 0.3) is 5.91 Å². The Morgan fingerprint density at radius 3 is 2.14 bits per heavy atom. The van der Waals surface area contributed by atoms with Crippen LogP contribution in [0.15, 0.2) is 53.4 Å². The standard InChI is InChI=1S/C25H28FN3O5S/c1-17(30)27-19-10-14-22(15-11-19)35(33,34)29(21-6-4-2-3-5-7-21)23-16-24(31)28(25(23)32)20-12-8-18(26)9-13-20/h8-15,21,23H,2-7,16H2,1H3,(H,27,30). The Hall–Kier alpha value is -3.11. The normalized spacial score (nSPS) is 19.7. The smallest absolute Gasteiger partial charge is 0.252 e. The van der Waals surface area contributed by atoms with Crippen molar-refractivity contribution in [2.45, 2.75) is 68.8 Å². The Morgan fingerprint density at radius 2 is 1.57 bits per heavy atom. The van der Waals surface area contributed by atoms with E-state index < -0.39 is 39.7 Å². The summed E-state index contributed by atoms with van der Waals surface area (Å²) in [5, 5.41) is 2.60. The van der Waals surface area contributed by atoms with Crippen molar-refractivity contribution in [3.05, 3.63) is 54.3 Å². The number of carbonyl (C=O) groups excluding carboxylic acids is 3. The minimum absolute atomic E-state index is 0.0173. The first-order valence-corrected chi connectivity index (χ1v) is 13.2. The van der Waals surface area contributed by atoms with Gasteiger partial charge in [-0.05, 0) is 61.4 Å². The van der Waals surface area contributed by atoms with Crippen molar-refractivity contribution in [1.82, 2.24) is 4.31 Å². The van der Waals surface area contributed by atoms with Gasteiger partial charge in [0.2, 0.25) is 21.8 Å². The Bertz CT molecular complexity index is 1210. The molecule has 0 aromatic heterocycles. The summed E-state index contributed by atoms with van der Waals surface area (Å²) in [5.74, 6) is -1.95. The first kappa shape index (κ1) is 25.0. The largest absolute Gasteiger partial charge is 0.326 e. The molecule has 1 N–H and O–H groups in total. The number of anilines is 2. The number of amides is 3. The van der Waals surface area contributed by atoms with Gasteiger partial charge in [0.1, 0.15) is 11.9 Å². The monoisotopic (exact) mass is 501 g/mol. The predicted molar refractivity (Wildman–Crippen MR) is 129 cm³/mol. The van der Waals surface area contributed by atoms with Crippen LogP contribution in [-0.2, 0) is 24.4 Å². The molecular formula is C25H28FN3O5S. The molecule has 1 atom stereocenters. The van der Waals surface area contributed by atoms with Gasteiger partial charge in [-0.25, -0.2) is 17.7 Å². The van der Waals surface area contributed by atoms with Crippen molar-refractivity contribution in [3.63, 3.8) is 0 Å². The molecule has 2 aromatic carbocycles. The molecule has 1 aliphatic heterocycles. The van der Waals surface area contributed by atoms with E-state index in [-0.39, 0.29) is 22.9 Å². The summed E-state index contributed by atoms with van der Waals surface area (Å²) in [6, 6.07) is 9.13. The fourth-order valence-electron chi connectivity index (χ4n) is 4.84. The summed E-state index contributed by atoms with van der Waals surface area (Å²) < 4.78 is 42.5. The van der Waals surface area contributed by atoms with E-state index in [4.69, 9.17) is 0 Å². The maximum Gasteiger partial charge on any atom is 0.252 e. The maximum absolute atomic E-state index is 13.9. The Labute approximate surface area is 204 Å². The molecule has 10 heteroatoms. The molecular weight excluding hydrogens is 473 g/mol. The molecule has 2 aromatic rings. The van der Waals surface area contributed by atoms with Crippen molar-refractivity contribution in [2.75, 3.05) is 10.2 Å². The van der Waals surface area contributed by atoms with Crippen molar-refractivity contribution in [1.29, 1.82) is 0 Å². The van der Waals surface area contributed by atoms with Gasteiger partial charge in [-0.1, -0.05) is 25.7 Å². The SMILES string of the molecule is CC(=O)Nc1ccc(S(=O)(=O)N(C2CCCCCC2)C2CC(=O)N(c3ccc(F)cc3)C2=O)cc1. The number of halogens is 1. The Balaban J connectivity index is 1.71. The minimum atomic E-state index is -4.15. The Kier molecular flexibility index (Phi) is 7.32. The number of rotatable bonds is 6. The first-order chi connectivity index (χ1) is 16.7. The molecule has 3 amide bonds. The zero-order chi connectivity index (χ0) is 25.2. The molecule has 1 aliphatic carbocycles. The molecule has 186 valence electrons. The number of hydrogen-bond donors (Lipinski definition) is 1. The van der Waals surface area contributed by atoms with Crippen molar-refractivity contribution >= 4 is 39.1 Å². The van der Waals surface area contributed by atoms with E-state index in [1.54, 1.807) is 0 Å². The van der Waals surface area contributed by atoms with Crippen LogP contribution in [0.25, 0.3) is 0 Å². The summed E-state index contributed by atoms with van der Waals surface area (Å²) in [6.45, 7) is 1.36. The van der Waals surface area contributed by atoms with Gasteiger partial charge in [-0.15, -0.1) is 0 Å². The summed E-state index contributed by atoms with van der Waals surface area (Å²) in [4.78, 5) is 38.6. The zero-order valence-electron chi connectivity index (χ0n) is 19.4. The van der Waals surface area contributed by atoms with Gasteiger partial charge >= 0.3 is 0 Å². The molecule has 1 saturated carbocycles. The van der Waals surface area contributed by atoms with E-state index in [2.05, 4.69) is 5.32 Å². The van der Waals surface area contributed by atoms with Crippen molar-refractivity contribution < 1.29 is 27.2 Å². The lowest BCUT2D eigenvalue weighted by Gasteiger charge is -2.34. The maximum atomic E-state index is 13.9. The summed E-state index contributed by atoms with van der Waals surface area (Å²) >= 11 is 0. The van der Waals surface area contributed by atoms with Gasteiger partial charge in [0.05, 0.1) is 17.0 Å². The summed E-state index contributed by atoms with van der Waals surface area (Å²) in [5.41, 5.74) is 0.661. The topological polar surface area (TPSA) is 104 Å². The highest BCUT2D eigenvalue weighted by Crippen LogP contribution is 2.35. The predicted octanol–water partition coefficient (Wildman–Crippen LogP) is 3.83. The second-order valence-corrected chi connectivity index (χ2v) is 10.8. The van der Waals surface area contributed by atoms with Gasteiger partial charge in [0.15, 0.2) is 0 Å². The molecule has 2 aliphatic rings. The van der Waals surface area contributed by atoms with E-state index >= 15 is 0 Å². The van der Waals surface area contributed by atoms with Gasteiger partial charge < -0.3 is 5.32 Å². The number of benzene rings is 2. The lowest BCUT2D eigenvalue weighted by Crippen LogP contribution is -2.50. The Morgan fingerprint density at radius 1 is 0.971 bits per heavy atom. The van der Waals surface area contributed by atoms with Crippen LogP contribution in [0.4, 0.5) is 15.8 Å². The highest BCUT2D eigenvalue weighted by atomic mass is 32.2. The highest BCUT2D eigenvalue weighted by Gasteiger charge is 2.49. The van der Waals surface area contributed by atoms with Crippen LogP contribution in [0.5, 0.6) is 0 Å². The van der Waals surface area contributed by atoms with Crippen LogP contribution in [0.2, 0.25) is 0 Å². The third-order valence-electron chi connectivity index (χ3n) is 6.45. The molecule has 4 rings (SSSR count). The second-order valence-electron chi connectivity index (χ2n) is 8.95. The van der Waals surface area contributed by atoms with Crippen molar-refractivity contribution in [2.24, 2.45) is 0 Å². The fourth-order valence-corrected chi connectivity index (χ4v) is 6.67. The molecule has 2 fully saturated rings. The molecule has 1 unspecified atom stereocenters. The average Bonchev–Trinajstić information content (AvgIpc) is 2.97. The van der Waals surface area contributed by atoms with E-state index in [0.29, 0.717) is 18.5 Å². The van der Waals surface area contributed by atoms with E-state index in [0.717, 1.165) is 42.7 Å². The van der Waals surface area contributed by atoms with E-state index in [1.807, 2.05) is 0 Å². The van der Waals surface area contributed by atoms with Crippen LogP contribution in [0.3, 0.4) is 0 Å². The highest BCUT2D eigenvalue weighted by molar-refractivity contribution is 7.89. The minimum Gasteiger partial charge on any atom is -0.326 e. The molecule has 8 nitrogen and oxygen atoms in total. The summed E-state index contributed by atoms with van der Waals surface area (Å²) in [7, 11) is -4.15. The van der Waals surface area contributed by atoms with Gasteiger partial charge in [0, 0.05) is 18.7 Å². The van der Waals surface area contributed by atoms with Crippen LogP contribution in [0.1, 0.15) is 51.9 Å². The number of sulfonamides is 1. The first-order valence-electron chi connectivity index (χ1n) is 11.7. The van der Waals surface area contributed by atoms with E-state index in [1.165, 1.54) is 47.6 Å². The number of carbonyl (C=O) groups is 3. The summed E-state index contributed by atoms with van der Waals surface area (Å²) in [6.07, 6.45) is 4.53. The van der Waals surface area contributed by atoms with Crippen LogP contribution >= 0.6 is 0 Å². The lowest BCUT2D eigenvalue weighted by atomic mass is 10.1. The molecule has 35 heavy (non-hydrogen) atoms.